The van der Waals surface area contributed by atoms with Crippen molar-refractivity contribution >= 4 is 23.1 Å². The first-order chi connectivity index (χ1) is 11.1. The predicted molar refractivity (Wildman–Crippen MR) is 85.4 cm³/mol. The Hall–Kier alpha value is -2.28. The molecule has 1 aromatic heterocycles. The maximum absolute atomic E-state index is 12.9. The van der Waals surface area contributed by atoms with Gasteiger partial charge in [0.05, 0.1) is 5.56 Å². The van der Waals surface area contributed by atoms with Crippen LogP contribution in [0.25, 0.3) is 5.57 Å². The van der Waals surface area contributed by atoms with Crippen molar-refractivity contribution in [3.63, 3.8) is 0 Å². The van der Waals surface area contributed by atoms with Gasteiger partial charge in [-0.3, -0.25) is 9.48 Å². The standard InChI is InChI=1S/C16H15ClF3N3O/c1-9(11-4-6-12(17)7-5-11)10(2)21-15(24)13-8-23(3)22-14(13)16(18,19)20/h4-8H,1-3H3,(H,21,24)/b10-9+. The summed E-state index contributed by atoms with van der Waals surface area (Å²) in [5.41, 5.74) is 0.240. The number of nitrogens with one attached hydrogen (secondary N) is 1. The molecular weight excluding hydrogens is 343 g/mol. The Balaban J connectivity index is 2.29. The van der Waals surface area contributed by atoms with E-state index in [1.165, 1.54) is 7.05 Å². The zero-order chi connectivity index (χ0) is 18.1. The molecule has 1 aromatic carbocycles. The van der Waals surface area contributed by atoms with Crippen molar-refractivity contribution in [2.45, 2.75) is 20.0 Å². The van der Waals surface area contributed by atoms with Crippen LogP contribution in [-0.2, 0) is 13.2 Å². The molecule has 2 aromatic rings. The minimum absolute atomic E-state index is 0.444. The lowest BCUT2D eigenvalue weighted by Gasteiger charge is -2.11. The molecule has 0 spiro atoms. The van der Waals surface area contributed by atoms with E-state index in [0.717, 1.165) is 22.0 Å². The first-order valence-electron chi connectivity index (χ1n) is 6.95. The van der Waals surface area contributed by atoms with Gasteiger partial charge >= 0.3 is 6.18 Å². The van der Waals surface area contributed by atoms with E-state index in [-0.39, 0.29) is 0 Å². The Labute approximate surface area is 141 Å². The highest BCUT2D eigenvalue weighted by atomic mass is 35.5. The van der Waals surface area contributed by atoms with Gasteiger partial charge in [0.2, 0.25) is 0 Å². The minimum Gasteiger partial charge on any atom is -0.326 e. The van der Waals surface area contributed by atoms with E-state index in [1.807, 2.05) is 0 Å². The molecule has 0 aliphatic carbocycles. The zero-order valence-corrected chi connectivity index (χ0v) is 14.0. The van der Waals surface area contributed by atoms with Crippen molar-refractivity contribution in [3.8, 4) is 0 Å². The van der Waals surface area contributed by atoms with Crippen molar-refractivity contribution in [1.29, 1.82) is 0 Å². The highest BCUT2D eigenvalue weighted by molar-refractivity contribution is 6.30. The molecule has 128 valence electrons. The summed E-state index contributed by atoms with van der Waals surface area (Å²) in [6.07, 6.45) is -3.65. The highest BCUT2D eigenvalue weighted by Gasteiger charge is 2.39. The van der Waals surface area contributed by atoms with Crippen LogP contribution >= 0.6 is 11.6 Å². The molecule has 0 bridgehead atoms. The van der Waals surface area contributed by atoms with Crippen LogP contribution in [0.4, 0.5) is 13.2 Å². The lowest BCUT2D eigenvalue weighted by molar-refractivity contribution is -0.141. The summed E-state index contributed by atoms with van der Waals surface area (Å²) in [5, 5.41) is 6.38. The van der Waals surface area contributed by atoms with Gasteiger partial charge in [-0.25, -0.2) is 0 Å². The van der Waals surface area contributed by atoms with Crippen molar-refractivity contribution in [2.75, 3.05) is 0 Å². The van der Waals surface area contributed by atoms with E-state index in [9.17, 15) is 18.0 Å². The fourth-order valence-electron chi connectivity index (χ4n) is 2.11. The van der Waals surface area contributed by atoms with Crippen molar-refractivity contribution in [1.82, 2.24) is 15.1 Å². The topological polar surface area (TPSA) is 46.9 Å². The van der Waals surface area contributed by atoms with Crippen LogP contribution < -0.4 is 5.32 Å². The number of alkyl halides is 3. The van der Waals surface area contributed by atoms with Gasteiger partial charge in [-0.2, -0.15) is 18.3 Å². The summed E-state index contributed by atoms with van der Waals surface area (Å²) in [4.78, 5) is 12.2. The SMILES string of the molecule is C/C(NC(=O)c1cn(C)nc1C(F)(F)F)=C(/C)c1ccc(Cl)cc1. The molecule has 0 aliphatic heterocycles. The van der Waals surface area contributed by atoms with Gasteiger partial charge in [0.15, 0.2) is 5.69 Å². The van der Waals surface area contributed by atoms with Gasteiger partial charge in [-0.15, -0.1) is 0 Å². The number of carbonyl (C=O) groups is 1. The van der Waals surface area contributed by atoms with Crippen molar-refractivity contribution in [3.05, 3.63) is 58.0 Å². The number of aromatic nitrogens is 2. The molecule has 0 aliphatic rings. The van der Waals surface area contributed by atoms with Crippen molar-refractivity contribution < 1.29 is 18.0 Å². The van der Waals surface area contributed by atoms with E-state index in [1.54, 1.807) is 38.1 Å². The van der Waals surface area contributed by atoms with Crippen LogP contribution in [0.1, 0.15) is 35.5 Å². The summed E-state index contributed by atoms with van der Waals surface area (Å²) in [7, 11) is 1.33. The Morgan fingerprint density at radius 2 is 1.79 bits per heavy atom. The molecular formula is C16H15ClF3N3O. The maximum Gasteiger partial charge on any atom is 0.435 e. The van der Waals surface area contributed by atoms with Gasteiger partial charge in [0.25, 0.3) is 5.91 Å². The number of hydrogen-bond donors (Lipinski definition) is 1. The summed E-state index contributed by atoms with van der Waals surface area (Å²) >= 11 is 5.82. The largest absolute Gasteiger partial charge is 0.435 e. The summed E-state index contributed by atoms with van der Waals surface area (Å²) < 4.78 is 39.8. The summed E-state index contributed by atoms with van der Waals surface area (Å²) in [6.45, 7) is 3.37. The maximum atomic E-state index is 12.9. The number of allylic oxidation sites excluding steroid dienone is 2. The second-order valence-electron chi connectivity index (χ2n) is 5.27. The first-order valence-corrected chi connectivity index (χ1v) is 7.33. The molecule has 1 heterocycles. The van der Waals surface area contributed by atoms with E-state index in [2.05, 4.69) is 10.4 Å². The van der Waals surface area contributed by atoms with Gasteiger partial charge in [0, 0.05) is 24.0 Å². The number of aryl methyl sites for hydroxylation is 1. The van der Waals surface area contributed by atoms with Crippen LogP contribution in [0.5, 0.6) is 0 Å². The number of halogens is 4. The minimum atomic E-state index is -4.70. The average molecular weight is 358 g/mol. The third kappa shape index (κ3) is 3.97. The van der Waals surface area contributed by atoms with Gasteiger partial charge in [-0.05, 0) is 37.1 Å². The summed E-state index contributed by atoms with van der Waals surface area (Å²) in [6, 6.07) is 6.91. The Kier molecular flexibility index (Phi) is 5.03. The molecule has 24 heavy (non-hydrogen) atoms. The van der Waals surface area contributed by atoms with Crippen LogP contribution in [0.3, 0.4) is 0 Å². The van der Waals surface area contributed by atoms with E-state index >= 15 is 0 Å². The lowest BCUT2D eigenvalue weighted by Crippen LogP contribution is -2.24. The van der Waals surface area contributed by atoms with Crippen molar-refractivity contribution in [2.24, 2.45) is 7.05 Å². The number of nitrogens with zero attached hydrogens (tertiary/aromatic N) is 2. The average Bonchev–Trinajstić information content (AvgIpc) is 2.89. The van der Waals surface area contributed by atoms with Crippen LogP contribution in [0.2, 0.25) is 5.02 Å². The molecule has 2 rings (SSSR count). The van der Waals surface area contributed by atoms with Gasteiger partial charge in [0.1, 0.15) is 0 Å². The second-order valence-corrected chi connectivity index (χ2v) is 5.71. The lowest BCUT2D eigenvalue weighted by atomic mass is 10.1. The Bertz CT molecular complexity index is 792. The van der Waals surface area contributed by atoms with E-state index < -0.39 is 23.3 Å². The molecule has 8 heteroatoms. The van der Waals surface area contributed by atoms with Crippen LogP contribution in [0.15, 0.2) is 36.2 Å². The highest BCUT2D eigenvalue weighted by Crippen LogP contribution is 2.30. The molecule has 0 radical (unpaired) electrons. The zero-order valence-electron chi connectivity index (χ0n) is 13.2. The first kappa shape index (κ1) is 18.1. The third-order valence-electron chi connectivity index (χ3n) is 3.48. The van der Waals surface area contributed by atoms with Crippen LogP contribution in [-0.4, -0.2) is 15.7 Å². The molecule has 0 fully saturated rings. The quantitative estimate of drug-likeness (QED) is 0.891. The molecule has 1 amide bonds. The van der Waals surface area contributed by atoms with E-state index in [4.69, 9.17) is 11.6 Å². The molecule has 0 saturated heterocycles. The number of rotatable bonds is 3. The summed E-state index contributed by atoms with van der Waals surface area (Å²) in [5.74, 6) is -0.860. The molecule has 1 N–H and O–H groups in total. The normalized spacial score (nSPS) is 12.8. The molecule has 0 saturated carbocycles. The Morgan fingerprint density at radius 3 is 2.33 bits per heavy atom. The number of amides is 1. The number of carbonyl (C=O) groups excluding carboxylic acids is 1. The Morgan fingerprint density at radius 1 is 1.21 bits per heavy atom. The second kappa shape index (κ2) is 6.68. The number of benzene rings is 1. The number of hydrogen-bond acceptors (Lipinski definition) is 2. The molecule has 0 atom stereocenters. The van der Waals surface area contributed by atoms with Gasteiger partial charge in [-0.1, -0.05) is 23.7 Å². The monoisotopic (exact) mass is 357 g/mol. The van der Waals surface area contributed by atoms with Crippen LogP contribution in [0, 0.1) is 0 Å². The fourth-order valence-corrected chi connectivity index (χ4v) is 2.24. The fraction of sp³-hybridized carbons (Fsp3) is 0.250. The van der Waals surface area contributed by atoms with E-state index in [0.29, 0.717) is 10.7 Å². The third-order valence-corrected chi connectivity index (χ3v) is 3.73. The molecule has 0 unspecified atom stereocenters. The predicted octanol–water partition coefficient (Wildman–Crippen LogP) is 4.27. The smallest absolute Gasteiger partial charge is 0.326 e. The molecule has 4 nitrogen and oxygen atoms in total. The van der Waals surface area contributed by atoms with Gasteiger partial charge < -0.3 is 5.32 Å².